The van der Waals surface area contributed by atoms with Gasteiger partial charge in [-0.3, -0.25) is 14.9 Å². The van der Waals surface area contributed by atoms with Gasteiger partial charge in [0.2, 0.25) is 0 Å². The van der Waals surface area contributed by atoms with Crippen molar-refractivity contribution in [2.24, 2.45) is 10.7 Å². The van der Waals surface area contributed by atoms with E-state index in [-0.39, 0.29) is 6.10 Å². The summed E-state index contributed by atoms with van der Waals surface area (Å²) in [6.07, 6.45) is 5.01. The van der Waals surface area contributed by atoms with E-state index in [9.17, 15) is 0 Å². The van der Waals surface area contributed by atoms with E-state index in [1.165, 1.54) is 6.20 Å². The number of hydrogen-bond acceptors (Lipinski definition) is 7. The molecule has 2 aromatic heterocycles. The van der Waals surface area contributed by atoms with E-state index in [1.807, 2.05) is 30.3 Å². The molecule has 2 N–H and O–H groups in total. The lowest BCUT2D eigenvalue weighted by Gasteiger charge is -2.30. The molecule has 33 heavy (non-hydrogen) atoms. The molecule has 3 aromatic rings. The van der Waals surface area contributed by atoms with Crippen LogP contribution in [0, 0.1) is 0 Å². The van der Waals surface area contributed by atoms with Crippen molar-refractivity contribution in [3.8, 4) is 0 Å². The zero-order valence-electron chi connectivity index (χ0n) is 18.4. The molecule has 1 aliphatic rings. The Morgan fingerprint density at radius 3 is 2.79 bits per heavy atom. The van der Waals surface area contributed by atoms with Crippen molar-refractivity contribution in [3.63, 3.8) is 0 Å². The Bertz CT molecular complexity index is 1100. The third kappa shape index (κ3) is 6.82. The zero-order valence-corrected chi connectivity index (χ0v) is 19.2. The molecule has 0 bridgehead atoms. The Morgan fingerprint density at radius 2 is 2.00 bits per heavy atom. The molecule has 1 atom stereocenters. The number of benzene rings is 1. The van der Waals surface area contributed by atoms with Crippen LogP contribution in [-0.4, -0.2) is 66.6 Å². The smallest absolute Gasteiger partial charge is 0.129 e. The molecule has 0 amide bonds. The van der Waals surface area contributed by atoms with Crippen LogP contribution in [0.1, 0.15) is 11.1 Å². The minimum Gasteiger partial charge on any atom is -0.404 e. The summed E-state index contributed by atoms with van der Waals surface area (Å²) in [7, 11) is 0. The van der Waals surface area contributed by atoms with Crippen LogP contribution in [0.5, 0.6) is 0 Å². The zero-order chi connectivity index (χ0) is 22.9. The van der Waals surface area contributed by atoms with Crippen molar-refractivity contribution in [3.05, 3.63) is 77.2 Å². The van der Waals surface area contributed by atoms with Gasteiger partial charge in [-0.05, 0) is 23.8 Å². The highest BCUT2D eigenvalue weighted by atomic mass is 35.5. The molecule has 3 heterocycles. The normalized spacial score (nSPS) is 16.5. The summed E-state index contributed by atoms with van der Waals surface area (Å²) in [5.41, 5.74) is 10.1. The predicted octanol–water partition coefficient (Wildman–Crippen LogP) is 3.57. The predicted molar refractivity (Wildman–Crippen MR) is 132 cm³/mol. The average Bonchev–Trinajstić information content (AvgIpc) is 2.86. The number of aromatic nitrogens is 2. The number of aliphatic imine (C=N–C) groups is 1. The van der Waals surface area contributed by atoms with E-state index in [0.29, 0.717) is 23.8 Å². The monoisotopic (exact) mass is 465 g/mol. The van der Waals surface area contributed by atoms with Gasteiger partial charge in [-0.25, -0.2) is 4.98 Å². The first-order valence-corrected chi connectivity index (χ1v) is 11.4. The molecule has 7 nitrogen and oxygen atoms in total. The van der Waals surface area contributed by atoms with Gasteiger partial charge in [0, 0.05) is 49.4 Å². The molecule has 0 radical (unpaired) electrons. The molecular weight excluding hydrogens is 438 g/mol. The molecule has 0 saturated carbocycles. The summed E-state index contributed by atoms with van der Waals surface area (Å²) in [5, 5.41) is 0.426. The van der Waals surface area contributed by atoms with Crippen LogP contribution in [-0.2, 0) is 16.1 Å². The maximum atomic E-state index is 6.24. The van der Waals surface area contributed by atoms with E-state index >= 15 is 0 Å². The third-order valence-corrected chi connectivity index (χ3v) is 5.66. The molecule has 8 heteroatoms. The van der Waals surface area contributed by atoms with Gasteiger partial charge in [0.15, 0.2) is 0 Å². The van der Waals surface area contributed by atoms with Crippen LogP contribution in [0.3, 0.4) is 0 Å². The van der Waals surface area contributed by atoms with Gasteiger partial charge in [-0.15, -0.1) is 0 Å². The number of nitrogens with two attached hydrogens (primary N) is 1. The highest BCUT2D eigenvalue weighted by molar-refractivity contribution is 6.29. The second-order valence-electron chi connectivity index (χ2n) is 7.84. The quantitative estimate of drug-likeness (QED) is 0.384. The topological polar surface area (TPSA) is 85.9 Å². The lowest BCUT2D eigenvalue weighted by atomic mass is 10.1. The summed E-state index contributed by atoms with van der Waals surface area (Å²) in [6.45, 7) is 5.18. The SMILES string of the molecule is NC=C(C=NCC(CN1CCOCC1)OCc1ccccc1)c1cnc2ccc(Cl)nc2c1. The molecule has 0 spiro atoms. The van der Waals surface area contributed by atoms with Crippen molar-refractivity contribution in [2.45, 2.75) is 12.7 Å². The minimum atomic E-state index is -0.0474. The van der Waals surface area contributed by atoms with E-state index in [1.54, 1.807) is 18.5 Å². The number of morpholine rings is 1. The molecule has 1 fully saturated rings. The van der Waals surface area contributed by atoms with Crippen molar-refractivity contribution in [1.29, 1.82) is 0 Å². The number of hydrogen-bond donors (Lipinski definition) is 1. The van der Waals surface area contributed by atoms with Crippen LogP contribution in [0.15, 0.2) is 65.9 Å². The van der Waals surface area contributed by atoms with Crippen LogP contribution >= 0.6 is 11.6 Å². The minimum absolute atomic E-state index is 0.0474. The molecule has 1 saturated heterocycles. The average molecular weight is 466 g/mol. The Hall–Kier alpha value is -2.84. The van der Waals surface area contributed by atoms with Gasteiger partial charge in [0.05, 0.1) is 43.5 Å². The molecule has 1 unspecified atom stereocenters. The van der Waals surface area contributed by atoms with Gasteiger partial charge >= 0.3 is 0 Å². The Kier molecular flexibility index (Phi) is 8.38. The van der Waals surface area contributed by atoms with Crippen molar-refractivity contribution >= 4 is 34.4 Å². The molecule has 0 aliphatic carbocycles. The summed E-state index contributed by atoms with van der Waals surface area (Å²) < 4.78 is 11.7. The number of halogens is 1. The molecule has 172 valence electrons. The Balaban J connectivity index is 1.43. The second kappa shape index (κ2) is 11.9. The van der Waals surface area contributed by atoms with Crippen molar-refractivity contribution in [2.75, 3.05) is 39.4 Å². The summed E-state index contributed by atoms with van der Waals surface area (Å²) in [6, 6.07) is 15.7. The van der Waals surface area contributed by atoms with Crippen molar-refractivity contribution < 1.29 is 9.47 Å². The van der Waals surface area contributed by atoms with Crippen LogP contribution < -0.4 is 5.73 Å². The number of rotatable bonds is 9. The first kappa shape index (κ1) is 23.3. The van der Waals surface area contributed by atoms with Crippen LogP contribution in [0.25, 0.3) is 16.6 Å². The van der Waals surface area contributed by atoms with E-state index in [4.69, 9.17) is 26.8 Å². The van der Waals surface area contributed by atoms with Crippen molar-refractivity contribution in [1.82, 2.24) is 14.9 Å². The summed E-state index contributed by atoms with van der Waals surface area (Å²) in [5.74, 6) is 0. The maximum absolute atomic E-state index is 6.24. The lowest BCUT2D eigenvalue weighted by molar-refractivity contribution is -0.0141. The number of ether oxygens (including phenoxy) is 2. The van der Waals surface area contributed by atoms with Crippen LogP contribution in [0.4, 0.5) is 0 Å². The standard InChI is InChI=1S/C25H28ClN5O2/c26-25-7-6-23-24(30-25)12-20(15-29-23)21(13-27)14-28-16-22(17-31-8-10-32-11-9-31)33-18-19-4-2-1-3-5-19/h1-7,12-15,22H,8-11,16-18,27H2. The summed E-state index contributed by atoms with van der Waals surface area (Å²) >= 11 is 6.03. The van der Waals surface area contributed by atoms with Crippen LogP contribution in [0.2, 0.25) is 5.15 Å². The molecule has 1 aliphatic heterocycles. The summed E-state index contributed by atoms with van der Waals surface area (Å²) in [4.78, 5) is 15.8. The van der Waals surface area contributed by atoms with Gasteiger partial charge in [-0.1, -0.05) is 41.9 Å². The Labute approximate surface area is 198 Å². The highest BCUT2D eigenvalue weighted by Gasteiger charge is 2.17. The number of allylic oxidation sites excluding steroid dienone is 1. The molecule has 4 rings (SSSR count). The highest BCUT2D eigenvalue weighted by Crippen LogP contribution is 2.18. The first-order valence-electron chi connectivity index (χ1n) is 11.0. The van der Waals surface area contributed by atoms with Gasteiger partial charge in [0.1, 0.15) is 5.15 Å². The van der Waals surface area contributed by atoms with E-state index in [0.717, 1.165) is 55.1 Å². The maximum Gasteiger partial charge on any atom is 0.129 e. The fourth-order valence-electron chi connectivity index (χ4n) is 3.65. The second-order valence-corrected chi connectivity index (χ2v) is 8.23. The molecule has 1 aromatic carbocycles. The van der Waals surface area contributed by atoms with E-state index < -0.39 is 0 Å². The first-order chi connectivity index (χ1) is 16.2. The fourth-order valence-corrected chi connectivity index (χ4v) is 3.80. The largest absolute Gasteiger partial charge is 0.404 e. The Morgan fingerprint density at radius 1 is 1.18 bits per heavy atom. The van der Waals surface area contributed by atoms with E-state index in [2.05, 4.69) is 32.0 Å². The molecular formula is C25H28ClN5O2. The fraction of sp³-hybridized carbons (Fsp3) is 0.320. The van der Waals surface area contributed by atoms with Gasteiger partial charge in [0.25, 0.3) is 0 Å². The third-order valence-electron chi connectivity index (χ3n) is 5.45. The number of fused-ring (bicyclic) bond motifs is 1. The number of nitrogens with zero attached hydrogens (tertiary/aromatic N) is 4. The number of pyridine rings is 2. The van der Waals surface area contributed by atoms with Gasteiger partial charge in [-0.2, -0.15) is 0 Å². The lowest BCUT2D eigenvalue weighted by Crippen LogP contribution is -2.42. The van der Waals surface area contributed by atoms with Gasteiger partial charge < -0.3 is 15.2 Å².